The van der Waals surface area contributed by atoms with Crippen LogP contribution in [0.3, 0.4) is 0 Å². The first-order valence-corrected chi connectivity index (χ1v) is 9.01. The summed E-state index contributed by atoms with van der Waals surface area (Å²) in [5, 5.41) is 1.85. The van der Waals surface area contributed by atoms with Crippen molar-refractivity contribution in [1.82, 2.24) is 14.4 Å². The van der Waals surface area contributed by atoms with Crippen LogP contribution in [0, 0.1) is 0 Å². The SMILES string of the molecule is CN1CCN(C2=Nc3cc(Cl)cc4ccn(c34)-c3ccccc32)CC1. The van der Waals surface area contributed by atoms with E-state index in [9.17, 15) is 0 Å². The maximum absolute atomic E-state index is 6.35. The monoisotopic (exact) mass is 350 g/mol. The van der Waals surface area contributed by atoms with E-state index in [1.54, 1.807) is 0 Å². The van der Waals surface area contributed by atoms with Gasteiger partial charge in [-0.25, -0.2) is 4.99 Å². The van der Waals surface area contributed by atoms with E-state index in [4.69, 9.17) is 16.6 Å². The molecule has 5 rings (SSSR count). The summed E-state index contributed by atoms with van der Waals surface area (Å²) in [7, 11) is 2.17. The molecule has 0 radical (unpaired) electrons. The zero-order valence-corrected chi connectivity index (χ0v) is 14.9. The Morgan fingerprint density at radius 1 is 1.00 bits per heavy atom. The maximum atomic E-state index is 6.35. The van der Waals surface area contributed by atoms with Crippen LogP contribution < -0.4 is 0 Å². The van der Waals surface area contributed by atoms with Gasteiger partial charge in [0.1, 0.15) is 5.84 Å². The molecule has 1 fully saturated rings. The Labute approximate surface area is 151 Å². The molecule has 0 bridgehead atoms. The molecule has 0 aliphatic carbocycles. The van der Waals surface area contributed by atoms with Gasteiger partial charge < -0.3 is 14.4 Å². The molecule has 3 heterocycles. The van der Waals surface area contributed by atoms with E-state index in [0.29, 0.717) is 0 Å². The third-order valence-corrected chi connectivity index (χ3v) is 5.38. The first-order valence-electron chi connectivity index (χ1n) is 8.63. The second-order valence-corrected chi connectivity index (χ2v) is 7.23. The summed E-state index contributed by atoms with van der Waals surface area (Å²) in [6.07, 6.45) is 2.12. The highest BCUT2D eigenvalue weighted by molar-refractivity contribution is 6.32. The molecule has 1 saturated heterocycles. The third kappa shape index (κ3) is 2.36. The van der Waals surface area contributed by atoms with Gasteiger partial charge in [-0.2, -0.15) is 0 Å². The van der Waals surface area contributed by atoms with Gasteiger partial charge in [0.15, 0.2) is 0 Å². The van der Waals surface area contributed by atoms with Crippen molar-refractivity contribution in [1.29, 1.82) is 0 Å². The molecule has 1 aromatic heterocycles. The highest BCUT2D eigenvalue weighted by Gasteiger charge is 2.25. The summed E-state index contributed by atoms with van der Waals surface area (Å²) in [4.78, 5) is 9.86. The normalized spacial score (nSPS) is 17.4. The Morgan fingerprint density at radius 3 is 2.64 bits per heavy atom. The second-order valence-electron chi connectivity index (χ2n) is 6.79. The quantitative estimate of drug-likeness (QED) is 0.613. The van der Waals surface area contributed by atoms with Crippen LogP contribution >= 0.6 is 11.6 Å². The van der Waals surface area contributed by atoms with Crippen LogP contribution in [0.5, 0.6) is 0 Å². The lowest BCUT2D eigenvalue weighted by molar-refractivity contribution is 0.216. The molecule has 0 spiro atoms. The number of likely N-dealkylation sites (N-methyl/N-ethyl adjacent to an activating group) is 1. The summed E-state index contributed by atoms with van der Waals surface area (Å²) in [5.41, 5.74) is 4.42. The number of benzene rings is 2. The Hall–Kier alpha value is -2.30. The van der Waals surface area contributed by atoms with E-state index in [1.807, 2.05) is 12.1 Å². The van der Waals surface area contributed by atoms with Gasteiger partial charge in [-0.3, -0.25) is 0 Å². The smallest absolute Gasteiger partial charge is 0.138 e. The van der Waals surface area contributed by atoms with Crippen LogP contribution in [-0.4, -0.2) is 53.4 Å². The average molecular weight is 351 g/mol. The van der Waals surface area contributed by atoms with Gasteiger partial charge in [-0.05, 0) is 37.4 Å². The fraction of sp³-hybridized carbons (Fsp3) is 0.250. The van der Waals surface area contributed by atoms with E-state index >= 15 is 0 Å². The van der Waals surface area contributed by atoms with Crippen LogP contribution in [0.1, 0.15) is 5.56 Å². The van der Waals surface area contributed by atoms with Crippen LogP contribution in [0.25, 0.3) is 16.6 Å². The van der Waals surface area contributed by atoms with Crippen molar-refractivity contribution in [3.8, 4) is 5.69 Å². The molecular weight excluding hydrogens is 332 g/mol. The van der Waals surface area contributed by atoms with Crippen molar-refractivity contribution in [3.05, 3.63) is 59.2 Å². The van der Waals surface area contributed by atoms with Gasteiger partial charge in [0.2, 0.25) is 0 Å². The molecule has 126 valence electrons. The summed E-state index contributed by atoms with van der Waals surface area (Å²) in [6.45, 7) is 4.08. The molecular formula is C20H19ClN4. The van der Waals surface area contributed by atoms with Gasteiger partial charge in [0, 0.05) is 48.3 Å². The highest BCUT2D eigenvalue weighted by atomic mass is 35.5. The minimum Gasteiger partial charge on any atom is -0.353 e. The van der Waals surface area contributed by atoms with Crippen molar-refractivity contribution < 1.29 is 0 Å². The zero-order chi connectivity index (χ0) is 17.0. The largest absolute Gasteiger partial charge is 0.353 e. The molecule has 0 amide bonds. The van der Waals surface area contributed by atoms with Crippen molar-refractivity contribution in [2.75, 3.05) is 33.2 Å². The molecule has 3 aromatic rings. The molecule has 0 saturated carbocycles. The lowest BCUT2D eigenvalue weighted by Crippen LogP contribution is -2.47. The maximum Gasteiger partial charge on any atom is 0.138 e. The Morgan fingerprint density at radius 2 is 1.80 bits per heavy atom. The predicted octanol–water partition coefficient (Wildman–Crippen LogP) is 3.92. The first kappa shape index (κ1) is 15.0. The summed E-state index contributed by atoms with van der Waals surface area (Å²) < 4.78 is 2.24. The topological polar surface area (TPSA) is 23.8 Å². The summed E-state index contributed by atoms with van der Waals surface area (Å²) in [6, 6.07) is 14.6. The number of halogens is 1. The van der Waals surface area contributed by atoms with Crippen LogP contribution in [0.15, 0.2) is 53.7 Å². The lowest BCUT2D eigenvalue weighted by Gasteiger charge is -2.34. The third-order valence-electron chi connectivity index (χ3n) is 5.16. The van der Waals surface area contributed by atoms with E-state index < -0.39 is 0 Å². The molecule has 4 nitrogen and oxygen atoms in total. The minimum absolute atomic E-state index is 0.729. The van der Waals surface area contributed by atoms with E-state index in [0.717, 1.165) is 53.6 Å². The number of hydrogen-bond donors (Lipinski definition) is 0. The molecule has 2 aromatic carbocycles. The first-order chi connectivity index (χ1) is 12.2. The number of nitrogens with zero attached hydrogens (tertiary/aromatic N) is 4. The van der Waals surface area contributed by atoms with Crippen LogP contribution in [0.4, 0.5) is 5.69 Å². The number of rotatable bonds is 0. The van der Waals surface area contributed by atoms with Gasteiger partial charge in [0.25, 0.3) is 0 Å². The molecule has 0 unspecified atom stereocenters. The fourth-order valence-corrected chi connectivity index (χ4v) is 4.04. The minimum atomic E-state index is 0.729. The molecule has 0 N–H and O–H groups in total. The van der Waals surface area contributed by atoms with Crippen LogP contribution in [-0.2, 0) is 0 Å². The van der Waals surface area contributed by atoms with Crippen molar-refractivity contribution in [2.45, 2.75) is 0 Å². The number of fused-ring (bicyclic) bond motifs is 2. The number of hydrogen-bond acceptors (Lipinski definition) is 3. The Balaban J connectivity index is 1.77. The van der Waals surface area contributed by atoms with Gasteiger partial charge in [-0.15, -0.1) is 0 Å². The number of amidine groups is 1. The number of aromatic nitrogens is 1. The molecule has 2 aliphatic rings. The molecule has 0 atom stereocenters. The van der Waals surface area contributed by atoms with E-state index in [1.165, 1.54) is 11.3 Å². The zero-order valence-electron chi connectivity index (χ0n) is 14.1. The van der Waals surface area contributed by atoms with Crippen molar-refractivity contribution >= 4 is 34.0 Å². The van der Waals surface area contributed by atoms with E-state index in [-0.39, 0.29) is 0 Å². The fourth-order valence-electron chi connectivity index (χ4n) is 3.82. The van der Waals surface area contributed by atoms with Gasteiger partial charge >= 0.3 is 0 Å². The Kier molecular flexibility index (Phi) is 3.37. The van der Waals surface area contributed by atoms with E-state index in [2.05, 4.69) is 57.9 Å². The van der Waals surface area contributed by atoms with Crippen molar-refractivity contribution in [3.63, 3.8) is 0 Å². The summed E-state index contributed by atoms with van der Waals surface area (Å²) in [5.74, 6) is 1.05. The lowest BCUT2D eigenvalue weighted by atomic mass is 10.1. The van der Waals surface area contributed by atoms with Gasteiger partial charge in [-0.1, -0.05) is 23.7 Å². The number of piperazine rings is 1. The summed E-state index contributed by atoms with van der Waals surface area (Å²) >= 11 is 6.35. The standard InChI is InChI=1S/C20H19ClN4/c1-23-8-10-24(11-9-23)20-16-4-2-3-5-18(16)25-7-6-14-12-15(21)13-17(22-20)19(14)25/h2-7,12-13H,8-11H2,1H3. The molecule has 2 aliphatic heterocycles. The van der Waals surface area contributed by atoms with Gasteiger partial charge in [0.05, 0.1) is 16.9 Å². The predicted molar refractivity (Wildman–Crippen MR) is 104 cm³/mol. The molecule has 5 heteroatoms. The Bertz CT molecular complexity index is 996. The number of para-hydroxylation sites is 1. The second kappa shape index (κ2) is 5.61. The average Bonchev–Trinajstić information content (AvgIpc) is 2.98. The van der Waals surface area contributed by atoms with Crippen LogP contribution in [0.2, 0.25) is 5.02 Å². The molecule has 25 heavy (non-hydrogen) atoms. The van der Waals surface area contributed by atoms with Crippen molar-refractivity contribution in [2.24, 2.45) is 4.99 Å². The highest BCUT2D eigenvalue weighted by Crippen LogP contribution is 2.37. The number of aliphatic imine (C=N–C) groups is 1.